The highest BCUT2D eigenvalue weighted by molar-refractivity contribution is 9.10. The average molecular weight is 317 g/mol. The second-order valence-corrected chi connectivity index (χ2v) is 6.42. The van der Waals surface area contributed by atoms with Gasteiger partial charge in [-0.05, 0) is 59.8 Å². The summed E-state index contributed by atoms with van der Waals surface area (Å²) in [6.07, 6.45) is 5.49. The van der Waals surface area contributed by atoms with Crippen LogP contribution in [0.1, 0.15) is 38.2 Å². The van der Waals surface area contributed by atoms with Crippen LogP contribution in [-0.4, -0.2) is 6.04 Å². The second-order valence-electron chi connectivity index (χ2n) is 5.16. The van der Waals surface area contributed by atoms with E-state index in [4.69, 9.17) is 11.6 Å². The van der Waals surface area contributed by atoms with E-state index in [-0.39, 0.29) is 0 Å². The highest BCUT2D eigenvalue weighted by atomic mass is 79.9. The first-order valence-electron chi connectivity index (χ1n) is 6.28. The standard InChI is InChI=1S/C14H19BrClN/c1-9-6-12(15)14(8-13(9)16)17-10(2)7-11-4-3-5-11/h6,8,10-11,17H,3-5,7H2,1-2H3. The van der Waals surface area contributed by atoms with Crippen LogP contribution < -0.4 is 5.32 Å². The van der Waals surface area contributed by atoms with Gasteiger partial charge in [-0.1, -0.05) is 30.9 Å². The van der Waals surface area contributed by atoms with Crippen LogP contribution in [0.3, 0.4) is 0 Å². The Morgan fingerprint density at radius 2 is 2.18 bits per heavy atom. The molecule has 0 aromatic heterocycles. The SMILES string of the molecule is Cc1cc(Br)c(NC(C)CC2CCC2)cc1Cl. The molecule has 1 unspecified atom stereocenters. The van der Waals surface area contributed by atoms with Crippen molar-refractivity contribution in [2.45, 2.75) is 45.6 Å². The van der Waals surface area contributed by atoms with Crippen LogP contribution in [-0.2, 0) is 0 Å². The average Bonchev–Trinajstić information content (AvgIpc) is 2.20. The molecule has 1 aliphatic carbocycles. The van der Waals surface area contributed by atoms with E-state index in [0.29, 0.717) is 6.04 Å². The van der Waals surface area contributed by atoms with Crippen molar-refractivity contribution in [1.29, 1.82) is 0 Å². The summed E-state index contributed by atoms with van der Waals surface area (Å²) in [4.78, 5) is 0. The molecular weight excluding hydrogens is 298 g/mol. The van der Waals surface area contributed by atoms with Crippen molar-refractivity contribution in [2.24, 2.45) is 5.92 Å². The lowest BCUT2D eigenvalue weighted by molar-refractivity contribution is 0.286. The predicted octanol–water partition coefficient (Wildman–Crippen LogP) is 5.40. The lowest BCUT2D eigenvalue weighted by atomic mass is 9.81. The molecule has 1 N–H and O–H groups in total. The monoisotopic (exact) mass is 315 g/mol. The van der Waals surface area contributed by atoms with E-state index in [1.165, 1.54) is 25.7 Å². The van der Waals surface area contributed by atoms with E-state index in [2.05, 4.69) is 34.2 Å². The molecule has 1 atom stereocenters. The lowest BCUT2D eigenvalue weighted by Crippen LogP contribution is -2.23. The van der Waals surface area contributed by atoms with Gasteiger partial charge in [-0.3, -0.25) is 0 Å². The van der Waals surface area contributed by atoms with E-state index in [1.807, 2.05) is 13.0 Å². The highest BCUT2D eigenvalue weighted by Crippen LogP contribution is 2.33. The van der Waals surface area contributed by atoms with Gasteiger partial charge in [0, 0.05) is 15.5 Å². The van der Waals surface area contributed by atoms with Crippen molar-refractivity contribution < 1.29 is 0 Å². The summed E-state index contributed by atoms with van der Waals surface area (Å²) in [6.45, 7) is 4.27. The molecular formula is C14H19BrClN. The number of rotatable bonds is 4. The Hall–Kier alpha value is -0.210. The fourth-order valence-corrected chi connectivity index (χ4v) is 3.05. The molecule has 1 aromatic carbocycles. The largest absolute Gasteiger partial charge is 0.382 e. The molecule has 94 valence electrons. The van der Waals surface area contributed by atoms with Crippen LogP contribution in [0.4, 0.5) is 5.69 Å². The molecule has 1 fully saturated rings. The molecule has 0 amide bonds. The number of hydrogen-bond acceptors (Lipinski definition) is 1. The van der Waals surface area contributed by atoms with Crippen molar-refractivity contribution in [1.82, 2.24) is 0 Å². The molecule has 1 aromatic rings. The number of aryl methyl sites for hydroxylation is 1. The van der Waals surface area contributed by atoms with E-state index in [1.54, 1.807) is 0 Å². The molecule has 17 heavy (non-hydrogen) atoms. The van der Waals surface area contributed by atoms with Gasteiger partial charge in [-0.2, -0.15) is 0 Å². The molecule has 0 heterocycles. The van der Waals surface area contributed by atoms with E-state index in [0.717, 1.165) is 26.7 Å². The minimum atomic E-state index is 0.510. The van der Waals surface area contributed by atoms with Gasteiger partial charge >= 0.3 is 0 Å². The minimum Gasteiger partial charge on any atom is -0.382 e. The van der Waals surface area contributed by atoms with Crippen molar-refractivity contribution in [3.05, 3.63) is 27.2 Å². The molecule has 0 spiro atoms. The maximum atomic E-state index is 6.15. The molecule has 1 saturated carbocycles. The Kier molecular flexibility index (Phi) is 4.37. The number of halogens is 2. The number of benzene rings is 1. The van der Waals surface area contributed by atoms with E-state index in [9.17, 15) is 0 Å². The summed E-state index contributed by atoms with van der Waals surface area (Å²) in [7, 11) is 0. The van der Waals surface area contributed by atoms with Crippen molar-refractivity contribution >= 4 is 33.2 Å². The summed E-state index contributed by atoms with van der Waals surface area (Å²) in [5, 5.41) is 4.37. The van der Waals surface area contributed by atoms with Gasteiger partial charge in [0.05, 0.1) is 5.69 Å². The molecule has 2 rings (SSSR count). The van der Waals surface area contributed by atoms with Crippen molar-refractivity contribution in [3.63, 3.8) is 0 Å². The van der Waals surface area contributed by atoms with Gasteiger partial charge in [-0.15, -0.1) is 0 Å². The van der Waals surface area contributed by atoms with Crippen molar-refractivity contribution in [3.8, 4) is 0 Å². The Morgan fingerprint density at radius 1 is 1.47 bits per heavy atom. The Bertz CT molecular complexity index is 401. The van der Waals surface area contributed by atoms with Gasteiger partial charge < -0.3 is 5.32 Å². The zero-order valence-corrected chi connectivity index (χ0v) is 12.7. The fourth-order valence-electron chi connectivity index (χ4n) is 2.31. The maximum absolute atomic E-state index is 6.15. The quantitative estimate of drug-likeness (QED) is 0.784. The molecule has 1 nitrogen and oxygen atoms in total. The van der Waals surface area contributed by atoms with E-state index >= 15 is 0 Å². The molecule has 3 heteroatoms. The topological polar surface area (TPSA) is 12.0 Å². The first-order chi connectivity index (χ1) is 8.06. The summed E-state index contributed by atoms with van der Waals surface area (Å²) in [6, 6.07) is 4.59. The van der Waals surface area contributed by atoms with Crippen LogP contribution in [0.5, 0.6) is 0 Å². The lowest BCUT2D eigenvalue weighted by Gasteiger charge is -2.29. The summed E-state index contributed by atoms with van der Waals surface area (Å²) >= 11 is 9.74. The molecule has 0 bridgehead atoms. The van der Waals surface area contributed by atoms with Crippen LogP contribution in [0, 0.1) is 12.8 Å². The van der Waals surface area contributed by atoms with Crippen LogP contribution in [0.2, 0.25) is 5.02 Å². The maximum Gasteiger partial charge on any atom is 0.0501 e. The van der Waals surface area contributed by atoms with E-state index < -0.39 is 0 Å². The smallest absolute Gasteiger partial charge is 0.0501 e. The summed E-state index contributed by atoms with van der Waals surface area (Å²) in [5.41, 5.74) is 2.21. The molecule has 0 radical (unpaired) electrons. The number of hydrogen-bond donors (Lipinski definition) is 1. The summed E-state index contributed by atoms with van der Waals surface area (Å²) in [5.74, 6) is 0.928. The zero-order chi connectivity index (χ0) is 12.4. The molecule has 1 aliphatic rings. The molecule has 0 saturated heterocycles. The van der Waals surface area contributed by atoms with Gasteiger partial charge in [0.25, 0.3) is 0 Å². The zero-order valence-electron chi connectivity index (χ0n) is 10.4. The van der Waals surface area contributed by atoms with Crippen LogP contribution in [0.25, 0.3) is 0 Å². The minimum absolute atomic E-state index is 0.510. The second kappa shape index (κ2) is 5.62. The number of anilines is 1. The van der Waals surface area contributed by atoms with Gasteiger partial charge in [0.1, 0.15) is 0 Å². The fraction of sp³-hybridized carbons (Fsp3) is 0.571. The molecule has 0 aliphatic heterocycles. The Labute approximate surface area is 117 Å². The highest BCUT2D eigenvalue weighted by Gasteiger charge is 2.20. The van der Waals surface area contributed by atoms with Gasteiger partial charge in [0.15, 0.2) is 0 Å². The third kappa shape index (κ3) is 3.38. The first kappa shape index (κ1) is 13.2. The third-order valence-corrected chi connectivity index (χ3v) is 4.63. The summed E-state index contributed by atoms with van der Waals surface area (Å²) < 4.78 is 1.10. The van der Waals surface area contributed by atoms with Crippen molar-refractivity contribution in [2.75, 3.05) is 5.32 Å². The van der Waals surface area contributed by atoms with Gasteiger partial charge in [-0.25, -0.2) is 0 Å². The Morgan fingerprint density at radius 3 is 2.76 bits per heavy atom. The predicted molar refractivity (Wildman–Crippen MR) is 78.9 cm³/mol. The van der Waals surface area contributed by atoms with Gasteiger partial charge in [0.2, 0.25) is 0 Å². The first-order valence-corrected chi connectivity index (χ1v) is 7.45. The van der Waals surface area contributed by atoms with Crippen LogP contribution in [0.15, 0.2) is 16.6 Å². The third-order valence-electron chi connectivity index (χ3n) is 3.56. The van der Waals surface area contributed by atoms with Crippen LogP contribution >= 0.6 is 27.5 Å². The number of nitrogens with one attached hydrogen (secondary N) is 1. The normalized spacial score (nSPS) is 17.6. The Balaban J connectivity index is 1.99.